The highest BCUT2D eigenvalue weighted by Crippen LogP contribution is 2.49. The first-order valence-electron chi connectivity index (χ1n) is 8.36. The molecule has 1 aliphatic rings. The van der Waals surface area contributed by atoms with E-state index in [-0.39, 0.29) is 0 Å². The zero-order valence-electron chi connectivity index (χ0n) is 15.4. The molecule has 3 aromatic rings. The van der Waals surface area contributed by atoms with Gasteiger partial charge < -0.3 is 14.4 Å². The minimum absolute atomic E-state index is 0.614. The van der Waals surface area contributed by atoms with Gasteiger partial charge in [0.25, 0.3) is 0 Å². The molecule has 6 nitrogen and oxygen atoms in total. The number of nitriles is 1. The molecule has 2 aromatic carbocycles. The summed E-state index contributed by atoms with van der Waals surface area (Å²) in [5, 5.41) is 10.0. The second-order valence-corrected chi connectivity index (χ2v) is 6.19. The van der Waals surface area contributed by atoms with Crippen molar-refractivity contribution in [2.24, 2.45) is 0 Å². The summed E-state index contributed by atoms with van der Waals surface area (Å²) in [6.07, 6.45) is 1.83. The first-order chi connectivity index (χ1) is 13.1. The normalized spacial score (nSPS) is 12.9. The Hall–Kier alpha value is -3.72. The van der Waals surface area contributed by atoms with Crippen molar-refractivity contribution in [1.29, 1.82) is 5.26 Å². The summed E-state index contributed by atoms with van der Waals surface area (Å²) < 4.78 is 10.9. The Bertz CT molecular complexity index is 1100. The van der Waals surface area contributed by atoms with Crippen LogP contribution < -0.4 is 19.3 Å². The van der Waals surface area contributed by atoms with Crippen molar-refractivity contribution in [1.82, 2.24) is 4.98 Å². The third-order valence-corrected chi connectivity index (χ3v) is 4.81. The van der Waals surface area contributed by atoms with Crippen LogP contribution in [0.3, 0.4) is 0 Å². The molecule has 0 saturated carbocycles. The van der Waals surface area contributed by atoms with Gasteiger partial charge in [-0.15, -0.1) is 0 Å². The molecule has 0 spiro atoms. The molecule has 1 aromatic heterocycles. The molecule has 4 rings (SSSR count). The highest BCUT2D eigenvalue weighted by atomic mass is 16.5. The van der Waals surface area contributed by atoms with Crippen LogP contribution in [0.25, 0.3) is 10.9 Å². The van der Waals surface area contributed by atoms with E-state index in [0.29, 0.717) is 17.1 Å². The van der Waals surface area contributed by atoms with Crippen LogP contribution in [-0.2, 0) is 0 Å². The van der Waals surface area contributed by atoms with Gasteiger partial charge in [-0.3, -0.25) is 9.88 Å². The molecular formula is C21H18N4O2. The van der Waals surface area contributed by atoms with E-state index < -0.39 is 0 Å². The number of methoxy groups -OCH3 is 2. The predicted octanol–water partition coefficient (Wildman–Crippen LogP) is 4.18. The topological polar surface area (TPSA) is 61.6 Å². The average Bonchev–Trinajstić information content (AvgIpc) is 2.97. The molecule has 134 valence electrons. The van der Waals surface area contributed by atoms with Crippen LogP contribution >= 0.6 is 0 Å². The summed E-state index contributed by atoms with van der Waals surface area (Å²) >= 11 is 0. The number of benzene rings is 2. The molecule has 0 fully saturated rings. The molecule has 1 aliphatic heterocycles. The largest absolute Gasteiger partial charge is 0.493 e. The SMILES string of the molecule is C=C1N(C)c2cnc3cc(OC)c(OC)cc3c2N1c1ccc(C#N)cc1. The Kier molecular flexibility index (Phi) is 3.85. The van der Waals surface area contributed by atoms with Crippen LogP contribution in [0.4, 0.5) is 17.1 Å². The lowest BCUT2D eigenvalue weighted by Crippen LogP contribution is -2.20. The zero-order chi connectivity index (χ0) is 19.1. The van der Waals surface area contributed by atoms with Crippen molar-refractivity contribution in [3.63, 3.8) is 0 Å². The smallest absolute Gasteiger partial charge is 0.162 e. The van der Waals surface area contributed by atoms with Gasteiger partial charge in [0.2, 0.25) is 0 Å². The maximum absolute atomic E-state index is 9.07. The Balaban J connectivity index is 1.98. The van der Waals surface area contributed by atoms with Gasteiger partial charge in [0.1, 0.15) is 5.82 Å². The first kappa shape index (κ1) is 16.7. The van der Waals surface area contributed by atoms with Crippen LogP contribution in [0, 0.1) is 11.3 Å². The van der Waals surface area contributed by atoms with E-state index in [2.05, 4.69) is 22.5 Å². The second kappa shape index (κ2) is 6.22. The molecule has 27 heavy (non-hydrogen) atoms. The Morgan fingerprint density at radius 1 is 1.07 bits per heavy atom. The number of rotatable bonds is 3. The first-order valence-corrected chi connectivity index (χ1v) is 8.36. The van der Waals surface area contributed by atoms with Crippen LogP contribution in [0.1, 0.15) is 5.56 Å². The fourth-order valence-corrected chi connectivity index (χ4v) is 3.36. The van der Waals surface area contributed by atoms with Gasteiger partial charge in [-0.1, -0.05) is 6.58 Å². The molecule has 0 saturated heterocycles. The highest BCUT2D eigenvalue weighted by Gasteiger charge is 2.31. The van der Waals surface area contributed by atoms with Gasteiger partial charge in [0.15, 0.2) is 11.5 Å². The van der Waals surface area contributed by atoms with E-state index in [0.717, 1.165) is 33.8 Å². The van der Waals surface area contributed by atoms with E-state index in [1.807, 2.05) is 42.4 Å². The number of hydrogen-bond donors (Lipinski definition) is 0. The van der Waals surface area contributed by atoms with Crippen LogP contribution in [0.15, 0.2) is 55.0 Å². The third-order valence-electron chi connectivity index (χ3n) is 4.81. The average molecular weight is 358 g/mol. The van der Waals surface area contributed by atoms with E-state index >= 15 is 0 Å². The van der Waals surface area contributed by atoms with Gasteiger partial charge in [-0.25, -0.2) is 0 Å². The summed E-state index contributed by atoms with van der Waals surface area (Å²) in [5.41, 5.74) is 4.25. The van der Waals surface area contributed by atoms with Crippen molar-refractivity contribution in [2.75, 3.05) is 31.1 Å². The molecule has 0 aliphatic carbocycles. The fraction of sp³-hybridized carbons (Fsp3) is 0.143. The van der Waals surface area contributed by atoms with Crippen LogP contribution in [0.5, 0.6) is 11.5 Å². The quantitative estimate of drug-likeness (QED) is 0.700. The standard InChI is InChI=1S/C21H18N4O2/c1-13-24(2)18-12-23-17-10-20(27-4)19(26-3)9-16(17)21(18)25(13)15-7-5-14(11-22)6-8-15/h5-10,12H,1H2,2-4H3. The lowest BCUT2D eigenvalue weighted by molar-refractivity contribution is 0.356. The maximum atomic E-state index is 9.07. The summed E-state index contributed by atoms with van der Waals surface area (Å²) in [6.45, 7) is 4.24. The van der Waals surface area contributed by atoms with Gasteiger partial charge in [-0.2, -0.15) is 5.26 Å². The van der Waals surface area contributed by atoms with E-state index in [9.17, 15) is 0 Å². The summed E-state index contributed by atoms with van der Waals surface area (Å²) in [5.74, 6) is 2.08. The maximum Gasteiger partial charge on any atom is 0.162 e. The van der Waals surface area contributed by atoms with Crippen molar-refractivity contribution >= 4 is 28.0 Å². The molecule has 0 bridgehead atoms. The predicted molar refractivity (Wildman–Crippen MR) is 106 cm³/mol. The molecular weight excluding hydrogens is 340 g/mol. The number of pyridine rings is 1. The number of aromatic nitrogens is 1. The molecule has 0 unspecified atom stereocenters. The monoisotopic (exact) mass is 358 g/mol. The van der Waals surface area contributed by atoms with Crippen molar-refractivity contribution in [3.05, 3.63) is 60.6 Å². The molecule has 6 heteroatoms. The molecule has 0 atom stereocenters. The molecule has 0 N–H and O–H groups in total. The Morgan fingerprint density at radius 3 is 2.37 bits per heavy atom. The van der Waals surface area contributed by atoms with E-state index in [4.69, 9.17) is 14.7 Å². The Morgan fingerprint density at radius 2 is 1.74 bits per heavy atom. The second-order valence-electron chi connectivity index (χ2n) is 6.19. The van der Waals surface area contributed by atoms with Crippen molar-refractivity contribution in [2.45, 2.75) is 0 Å². The van der Waals surface area contributed by atoms with Crippen molar-refractivity contribution < 1.29 is 9.47 Å². The molecule has 2 heterocycles. The summed E-state index contributed by atoms with van der Waals surface area (Å²) in [7, 11) is 5.18. The molecule has 0 radical (unpaired) electrons. The lowest BCUT2D eigenvalue weighted by Gasteiger charge is -2.22. The van der Waals surface area contributed by atoms with Crippen LogP contribution in [0.2, 0.25) is 0 Å². The Labute approximate surface area is 157 Å². The third kappa shape index (κ3) is 2.44. The number of fused-ring (bicyclic) bond motifs is 3. The highest BCUT2D eigenvalue weighted by molar-refractivity contribution is 6.06. The lowest BCUT2D eigenvalue weighted by atomic mass is 10.1. The van der Waals surface area contributed by atoms with Gasteiger partial charge in [0.05, 0.1) is 48.9 Å². The molecule has 0 amide bonds. The van der Waals surface area contributed by atoms with E-state index in [1.165, 1.54) is 0 Å². The summed E-state index contributed by atoms with van der Waals surface area (Å²) in [6, 6.07) is 13.4. The van der Waals surface area contributed by atoms with Crippen molar-refractivity contribution in [3.8, 4) is 17.6 Å². The van der Waals surface area contributed by atoms with Gasteiger partial charge in [-0.05, 0) is 30.3 Å². The number of nitrogens with zero attached hydrogens (tertiary/aromatic N) is 4. The minimum Gasteiger partial charge on any atom is -0.493 e. The summed E-state index contributed by atoms with van der Waals surface area (Å²) in [4.78, 5) is 8.65. The number of ether oxygens (including phenoxy) is 2. The van der Waals surface area contributed by atoms with Gasteiger partial charge in [0, 0.05) is 24.2 Å². The minimum atomic E-state index is 0.614. The van der Waals surface area contributed by atoms with Crippen LogP contribution in [-0.4, -0.2) is 26.3 Å². The van der Waals surface area contributed by atoms with Gasteiger partial charge >= 0.3 is 0 Å². The van der Waals surface area contributed by atoms with E-state index in [1.54, 1.807) is 26.4 Å². The number of hydrogen-bond acceptors (Lipinski definition) is 6. The number of anilines is 3. The zero-order valence-corrected chi connectivity index (χ0v) is 15.4. The fourth-order valence-electron chi connectivity index (χ4n) is 3.36.